The first-order valence-corrected chi connectivity index (χ1v) is 21.2. The zero-order valence-corrected chi connectivity index (χ0v) is 33.3. The average Bonchev–Trinajstić information content (AvgIpc) is 3.86. The van der Waals surface area contributed by atoms with Crippen LogP contribution >= 0.6 is 11.3 Å². The van der Waals surface area contributed by atoms with Gasteiger partial charge in [-0.25, -0.2) is 15.0 Å². The molecular weight excluding hydrogens is 747 g/mol. The first-order chi connectivity index (χ1) is 29.7. The van der Waals surface area contributed by atoms with Crippen LogP contribution in [0.4, 0.5) is 0 Å². The van der Waals surface area contributed by atoms with Crippen LogP contribution in [0.25, 0.3) is 87.4 Å². The molecule has 0 atom stereocenters. The predicted molar refractivity (Wildman–Crippen MR) is 249 cm³/mol. The lowest BCUT2D eigenvalue weighted by Crippen LogP contribution is -2.28. The van der Waals surface area contributed by atoms with Gasteiger partial charge in [0.1, 0.15) is 0 Å². The molecular formula is C56H35N3S. The van der Waals surface area contributed by atoms with Gasteiger partial charge in [-0.3, -0.25) is 0 Å². The molecule has 0 fully saturated rings. The molecule has 9 aromatic carbocycles. The minimum absolute atomic E-state index is 0.536. The number of hydrogen-bond acceptors (Lipinski definition) is 4. The lowest BCUT2D eigenvalue weighted by molar-refractivity contribution is 0.768. The molecule has 4 heteroatoms. The zero-order chi connectivity index (χ0) is 39.6. The molecule has 2 heterocycles. The van der Waals surface area contributed by atoms with E-state index < -0.39 is 5.41 Å². The summed E-state index contributed by atoms with van der Waals surface area (Å²) in [4.78, 5) is 16.0. The maximum atomic E-state index is 5.41. The first kappa shape index (κ1) is 34.5. The Hall–Kier alpha value is -7.53. The predicted octanol–water partition coefficient (Wildman–Crippen LogP) is 14.4. The summed E-state index contributed by atoms with van der Waals surface area (Å²) in [5, 5.41) is 4.81. The summed E-state index contributed by atoms with van der Waals surface area (Å²) < 4.78 is 2.49. The van der Waals surface area contributed by atoms with Gasteiger partial charge in [0.05, 0.1) is 5.41 Å². The van der Waals surface area contributed by atoms with E-state index in [-0.39, 0.29) is 0 Å². The third kappa shape index (κ3) is 5.31. The van der Waals surface area contributed by atoms with Crippen LogP contribution < -0.4 is 0 Å². The van der Waals surface area contributed by atoms with Crippen LogP contribution in [-0.4, -0.2) is 15.0 Å². The van der Waals surface area contributed by atoms with E-state index in [2.05, 4.69) is 194 Å². The van der Waals surface area contributed by atoms with Crippen molar-refractivity contribution in [2.24, 2.45) is 0 Å². The molecule has 1 aliphatic carbocycles. The standard InChI is InChI=1S/C56H35N3S/c1-5-16-36(17-6-1)39-30-33-50-47(34-39)45-32-28-37-20-15-26-46(51(37)52(45)60-50)55-58-53(38-18-7-2-8-19-38)57-54(59-55)40-29-31-44-43-25-13-14-27-48(43)56(49(44)35-40,41-21-9-3-10-22-41)42-23-11-4-12-24-42/h1-35H. The summed E-state index contributed by atoms with van der Waals surface area (Å²) >= 11 is 1.84. The number of aromatic nitrogens is 3. The quantitative estimate of drug-likeness (QED) is 0.169. The lowest BCUT2D eigenvalue weighted by atomic mass is 9.67. The molecule has 280 valence electrons. The highest BCUT2D eigenvalue weighted by Crippen LogP contribution is 2.56. The van der Waals surface area contributed by atoms with Gasteiger partial charge in [0, 0.05) is 42.2 Å². The van der Waals surface area contributed by atoms with Crippen LogP contribution in [0.3, 0.4) is 0 Å². The van der Waals surface area contributed by atoms with Crippen LogP contribution in [0.2, 0.25) is 0 Å². The average molecular weight is 782 g/mol. The fourth-order valence-corrected chi connectivity index (χ4v) is 10.8. The Kier molecular flexibility index (Phi) is 7.94. The van der Waals surface area contributed by atoms with Crippen LogP contribution in [0, 0.1) is 0 Å². The van der Waals surface area contributed by atoms with Gasteiger partial charge in [-0.15, -0.1) is 11.3 Å². The van der Waals surface area contributed by atoms with E-state index in [1.165, 1.54) is 64.7 Å². The van der Waals surface area contributed by atoms with Gasteiger partial charge in [0.2, 0.25) is 0 Å². The summed E-state index contributed by atoms with van der Waals surface area (Å²) in [5.41, 5.74) is 12.2. The van der Waals surface area contributed by atoms with E-state index in [9.17, 15) is 0 Å². The molecule has 0 amide bonds. The summed E-state index contributed by atoms with van der Waals surface area (Å²) in [5.74, 6) is 1.94. The second-order valence-electron chi connectivity index (χ2n) is 15.5. The van der Waals surface area contributed by atoms with Crippen molar-refractivity contribution < 1.29 is 0 Å². The number of benzene rings is 9. The molecule has 0 N–H and O–H groups in total. The monoisotopic (exact) mass is 781 g/mol. The van der Waals surface area contributed by atoms with Crippen molar-refractivity contribution in [2.45, 2.75) is 5.41 Å². The SMILES string of the molecule is c1ccc(-c2ccc3sc4c(ccc5cccc(-c6nc(-c7ccccc7)nc(-c7ccc8c(c7)C(c7ccccc7)(c7ccccc7)c7ccccc7-8)n6)c54)c3c2)cc1. The Morgan fingerprint density at radius 1 is 0.350 bits per heavy atom. The third-order valence-corrected chi connectivity index (χ3v) is 13.4. The van der Waals surface area contributed by atoms with Gasteiger partial charge >= 0.3 is 0 Å². The Balaban J connectivity index is 1.10. The third-order valence-electron chi connectivity index (χ3n) is 12.2. The summed E-state index contributed by atoms with van der Waals surface area (Å²) in [6.07, 6.45) is 0. The van der Waals surface area contributed by atoms with Crippen molar-refractivity contribution in [1.29, 1.82) is 0 Å². The smallest absolute Gasteiger partial charge is 0.164 e. The highest BCUT2D eigenvalue weighted by molar-refractivity contribution is 7.26. The van der Waals surface area contributed by atoms with Gasteiger partial charge < -0.3 is 0 Å². The van der Waals surface area contributed by atoms with Crippen LogP contribution in [-0.2, 0) is 5.41 Å². The highest BCUT2D eigenvalue weighted by Gasteiger charge is 2.46. The Bertz CT molecular complexity index is 3370. The zero-order valence-electron chi connectivity index (χ0n) is 32.5. The maximum absolute atomic E-state index is 5.41. The van der Waals surface area contributed by atoms with Crippen LogP contribution in [0.5, 0.6) is 0 Å². The van der Waals surface area contributed by atoms with Crippen molar-refractivity contribution in [3.63, 3.8) is 0 Å². The molecule has 0 radical (unpaired) electrons. The van der Waals surface area contributed by atoms with Crippen molar-refractivity contribution in [1.82, 2.24) is 15.0 Å². The molecule has 0 spiro atoms. The van der Waals surface area contributed by atoms with Crippen LogP contribution in [0.1, 0.15) is 22.3 Å². The van der Waals surface area contributed by atoms with Crippen molar-refractivity contribution >= 4 is 42.3 Å². The largest absolute Gasteiger partial charge is 0.208 e. The molecule has 2 aromatic heterocycles. The number of nitrogens with zero attached hydrogens (tertiary/aromatic N) is 3. The molecule has 0 saturated carbocycles. The van der Waals surface area contributed by atoms with Crippen LogP contribution in [0.15, 0.2) is 212 Å². The molecule has 12 rings (SSSR count). The van der Waals surface area contributed by atoms with E-state index in [0.717, 1.165) is 27.5 Å². The van der Waals surface area contributed by atoms with Gasteiger partial charge in [-0.05, 0) is 68.1 Å². The molecule has 60 heavy (non-hydrogen) atoms. The van der Waals surface area contributed by atoms with E-state index in [4.69, 9.17) is 15.0 Å². The lowest BCUT2D eigenvalue weighted by Gasteiger charge is -2.34. The van der Waals surface area contributed by atoms with E-state index >= 15 is 0 Å². The normalized spacial score (nSPS) is 12.8. The summed E-state index contributed by atoms with van der Waals surface area (Å²) in [7, 11) is 0. The second kappa shape index (κ2) is 13.8. The van der Waals surface area contributed by atoms with Crippen molar-refractivity contribution in [3.05, 3.63) is 235 Å². The number of hydrogen-bond donors (Lipinski definition) is 0. The Morgan fingerprint density at radius 3 is 1.67 bits per heavy atom. The number of rotatable bonds is 6. The highest BCUT2D eigenvalue weighted by atomic mass is 32.1. The maximum Gasteiger partial charge on any atom is 0.164 e. The molecule has 0 unspecified atom stereocenters. The van der Waals surface area contributed by atoms with Gasteiger partial charge in [-0.2, -0.15) is 0 Å². The fourth-order valence-electron chi connectivity index (χ4n) is 9.53. The van der Waals surface area contributed by atoms with E-state index in [1.807, 2.05) is 29.5 Å². The fraction of sp³-hybridized carbons (Fsp3) is 0.0179. The topological polar surface area (TPSA) is 38.7 Å². The number of fused-ring (bicyclic) bond motifs is 8. The Labute approximate surface area is 352 Å². The minimum atomic E-state index is -0.536. The first-order valence-electron chi connectivity index (χ1n) is 20.4. The molecule has 1 aliphatic rings. The molecule has 0 bridgehead atoms. The molecule has 0 aliphatic heterocycles. The van der Waals surface area contributed by atoms with E-state index in [1.54, 1.807) is 0 Å². The van der Waals surface area contributed by atoms with Gasteiger partial charge in [-0.1, -0.05) is 194 Å². The summed E-state index contributed by atoms with van der Waals surface area (Å²) in [6.45, 7) is 0. The molecule has 0 saturated heterocycles. The summed E-state index contributed by atoms with van der Waals surface area (Å²) in [6, 6.07) is 76.2. The second-order valence-corrected chi connectivity index (χ2v) is 16.5. The molecule has 3 nitrogen and oxygen atoms in total. The van der Waals surface area contributed by atoms with Gasteiger partial charge in [0.15, 0.2) is 17.5 Å². The minimum Gasteiger partial charge on any atom is -0.208 e. The van der Waals surface area contributed by atoms with Crippen molar-refractivity contribution in [3.8, 4) is 56.4 Å². The van der Waals surface area contributed by atoms with E-state index in [0.29, 0.717) is 17.5 Å². The molecule has 11 aromatic rings. The number of thiophene rings is 1. The van der Waals surface area contributed by atoms with Crippen molar-refractivity contribution in [2.75, 3.05) is 0 Å². The van der Waals surface area contributed by atoms with Gasteiger partial charge in [0.25, 0.3) is 0 Å². The Morgan fingerprint density at radius 2 is 0.933 bits per heavy atom.